The molecule has 3 aromatic rings. The molecular weight excluding hydrogens is 489 g/mol. The van der Waals surface area contributed by atoms with Crippen LogP contribution in [0.25, 0.3) is 16.9 Å². The molecule has 0 radical (unpaired) electrons. The number of nitrogens with two attached hydrogens (primary N) is 1. The van der Waals surface area contributed by atoms with Gasteiger partial charge >= 0.3 is 0 Å². The minimum absolute atomic E-state index is 0.0336. The monoisotopic (exact) mass is 516 g/mol. The van der Waals surface area contributed by atoms with E-state index in [-0.39, 0.29) is 24.0 Å². The second kappa shape index (κ2) is 10.1. The van der Waals surface area contributed by atoms with Crippen molar-refractivity contribution in [3.8, 4) is 11.9 Å². The maximum absolute atomic E-state index is 15.4. The summed E-state index contributed by atoms with van der Waals surface area (Å²) < 4.78 is 44.7. The molecule has 3 heterocycles. The molecule has 1 amide bonds. The molecule has 1 saturated carbocycles. The number of carbonyl (C=O) groups is 1. The number of nitrogens with one attached hydrogen (secondary N) is 1. The molecule has 1 fully saturated rings. The lowest BCUT2D eigenvalue weighted by atomic mass is 9.87. The van der Waals surface area contributed by atoms with Crippen molar-refractivity contribution in [1.29, 1.82) is 5.26 Å². The molecular formula is C25H27F3N6O3. The minimum atomic E-state index is -3.26. The van der Waals surface area contributed by atoms with Crippen molar-refractivity contribution in [2.24, 2.45) is 5.73 Å². The summed E-state index contributed by atoms with van der Waals surface area (Å²) in [5.74, 6) is -3.78. The molecule has 0 spiro atoms. The van der Waals surface area contributed by atoms with E-state index in [2.05, 4.69) is 15.3 Å². The van der Waals surface area contributed by atoms with Gasteiger partial charge in [-0.1, -0.05) is 0 Å². The predicted octanol–water partition coefficient (Wildman–Crippen LogP) is 2.16. The van der Waals surface area contributed by atoms with Gasteiger partial charge in [-0.25, -0.2) is 23.1 Å². The van der Waals surface area contributed by atoms with Crippen LogP contribution in [0.2, 0.25) is 0 Å². The third-order valence-electron chi connectivity index (χ3n) is 6.78. The Kier molecular flexibility index (Phi) is 7.23. The highest BCUT2D eigenvalue weighted by Crippen LogP contribution is 2.34. The van der Waals surface area contributed by atoms with E-state index in [1.165, 1.54) is 25.4 Å². The summed E-state index contributed by atoms with van der Waals surface area (Å²) in [7, 11) is 0. The van der Waals surface area contributed by atoms with Crippen LogP contribution >= 0.6 is 0 Å². The fourth-order valence-electron chi connectivity index (χ4n) is 4.51. The lowest BCUT2D eigenvalue weighted by Crippen LogP contribution is -2.57. The number of rotatable bonds is 8. The molecule has 0 saturated heterocycles. The van der Waals surface area contributed by atoms with Crippen LogP contribution in [0.3, 0.4) is 0 Å². The van der Waals surface area contributed by atoms with Gasteiger partial charge in [0.15, 0.2) is 0 Å². The highest BCUT2D eigenvalue weighted by atomic mass is 19.3. The number of hydrogen-bond donors (Lipinski definition) is 4. The van der Waals surface area contributed by atoms with E-state index < -0.39 is 55.1 Å². The molecule has 1 aliphatic rings. The van der Waals surface area contributed by atoms with E-state index in [9.17, 15) is 23.8 Å². The number of aliphatic hydroxyl groups is 2. The van der Waals surface area contributed by atoms with Gasteiger partial charge in [-0.3, -0.25) is 9.36 Å². The van der Waals surface area contributed by atoms with E-state index in [1.807, 2.05) is 6.07 Å². The van der Waals surface area contributed by atoms with Crippen molar-refractivity contribution >= 4 is 16.9 Å². The normalized spacial score (nSPS) is 21.8. The van der Waals surface area contributed by atoms with Crippen molar-refractivity contribution in [3.63, 3.8) is 0 Å². The SMILES string of the molecule is CC(O)(CNC1CCCC(F)(F)C1O)C(F)Cc1cc(-n2ccc3cc(C#N)cnc32)ncc1C(N)=O. The van der Waals surface area contributed by atoms with Gasteiger partial charge in [-0.05, 0) is 43.5 Å². The van der Waals surface area contributed by atoms with Crippen LogP contribution in [-0.4, -0.2) is 67.0 Å². The molecule has 37 heavy (non-hydrogen) atoms. The van der Waals surface area contributed by atoms with Crippen LogP contribution in [0.1, 0.15) is 47.7 Å². The van der Waals surface area contributed by atoms with Gasteiger partial charge in [0.2, 0.25) is 0 Å². The molecule has 4 rings (SSSR count). The summed E-state index contributed by atoms with van der Waals surface area (Å²) >= 11 is 0. The molecule has 5 N–H and O–H groups in total. The van der Waals surface area contributed by atoms with E-state index in [1.54, 1.807) is 22.9 Å². The highest BCUT2D eigenvalue weighted by Gasteiger charge is 2.46. The summed E-state index contributed by atoms with van der Waals surface area (Å²) in [4.78, 5) is 20.5. The predicted molar refractivity (Wildman–Crippen MR) is 128 cm³/mol. The minimum Gasteiger partial charge on any atom is -0.386 e. The summed E-state index contributed by atoms with van der Waals surface area (Å²) in [6.07, 6.45) is 0.00995. The lowest BCUT2D eigenvalue weighted by Gasteiger charge is -2.37. The molecule has 12 heteroatoms. The van der Waals surface area contributed by atoms with E-state index in [0.717, 1.165) is 0 Å². The number of carbonyl (C=O) groups excluding carboxylic acids is 1. The average molecular weight is 517 g/mol. The average Bonchev–Trinajstić information content (AvgIpc) is 3.28. The largest absolute Gasteiger partial charge is 0.386 e. The van der Waals surface area contributed by atoms with Gasteiger partial charge in [-0.15, -0.1) is 0 Å². The molecule has 0 bridgehead atoms. The first-order chi connectivity index (χ1) is 17.4. The first-order valence-corrected chi connectivity index (χ1v) is 11.7. The number of hydrogen-bond acceptors (Lipinski definition) is 7. The number of amides is 1. The van der Waals surface area contributed by atoms with Gasteiger partial charge in [0, 0.05) is 49.4 Å². The number of fused-ring (bicyclic) bond motifs is 1. The first-order valence-electron chi connectivity index (χ1n) is 11.7. The van der Waals surface area contributed by atoms with Crippen LogP contribution in [0, 0.1) is 11.3 Å². The Hall–Kier alpha value is -3.53. The molecule has 196 valence electrons. The Labute approximate surface area is 210 Å². The Balaban J connectivity index is 1.55. The Morgan fingerprint density at radius 3 is 2.86 bits per heavy atom. The van der Waals surface area contributed by atoms with Crippen molar-refractivity contribution in [3.05, 3.63) is 53.5 Å². The van der Waals surface area contributed by atoms with Gasteiger partial charge in [-0.2, -0.15) is 5.26 Å². The summed E-state index contributed by atoms with van der Waals surface area (Å²) in [5, 5.41) is 33.1. The Morgan fingerprint density at radius 2 is 2.16 bits per heavy atom. The number of aromatic nitrogens is 3. The van der Waals surface area contributed by atoms with Gasteiger partial charge in [0.25, 0.3) is 11.8 Å². The molecule has 3 aromatic heterocycles. The third-order valence-corrected chi connectivity index (χ3v) is 6.78. The number of nitrogens with zero attached hydrogens (tertiary/aromatic N) is 4. The van der Waals surface area contributed by atoms with Crippen LogP contribution in [0.4, 0.5) is 13.2 Å². The highest BCUT2D eigenvalue weighted by molar-refractivity contribution is 5.94. The third kappa shape index (κ3) is 5.44. The van der Waals surface area contributed by atoms with E-state index in [4.69, 9.17) is 11.0 Å². The summed E-state index contributed by atoms with van der Waals surface area (Å²) in [5.41, 5.74) is 4.47. The summed E-state index contributed by atoms with van der Waals surface area (Å²) in [6, 6.07) is 5.85. The quantitative estimate of drug-likeness (QED) is 0.358. The zero-order valence-electron chi connectivity index (χ0n) is 20.0. The Morgan fingerprint density at radius 1 is 1.41 bits per heavy atom. The van der Waals surface area contributed by atoms with Crippen LogP contribution in [0.5, 0.6) is 0 Å². The molecule has 1 aliphatic carbocycles. The number of aliphatic hydroxyl groups excluding tert-OH is 1. The number of primary amides is 1. The molecule has 9 nitrogen and oxygen atoms in total. The molecule has 4 atom stereocenters. The smallest absolute Gasteiger partial charge is 0.274 e. The molecule has 0 aromatic carbocycles. The second-order valence-electron chi connectivity index (χ2n) is 9.61. The lowest BCUT2D eigenvalue weighted by molar-refractivity contribution is -0.146. The van der Waals surface area contributed by atoms with Crippen LogP contribution in [-0.2, 0) is 6.42 Å². The number of halogens is 3. The van der Waals surface area contributed by atoms with E-state index >= 15 is 4.39 Å². The van der Waals surface area contributed by atoms with Gasteiger partial charge < -0.3 is 21.3 Å². The van der Waals surface area contributed by atoms with Crippen LogP contribution in [0.15, 0.2) is 36.8 Å². The summed E-state index contributed by atoms with van der Waals surface area (Å²) in [6.45, 7) is 0.809. The van der Waals surface area contributed by atoms with E-state index in [0.29, 0.717) is 22.4 Å². The van der Waals surface area contributed by atoms with Crippen molar-refractivity contribution < 1.29 is 28.2 Å². The van der Waals surface area contributed by atoms with Gasteiger partial charge in [0.05, 0.1) is 11.1 Å². The number of pyridine rings is 2. The number of nitriles is 1. The fourth-order valence-corrected chi connectivity index (χ4v) is 4.51. The van der Waals surface area contributed by atoms with Crippen molar-refractivity contribution in [2.45, 2.75) is 62.4 Å². The zero-order valence-corrected chi connectivity index (χ0v) is 20.0. The fraction of sp³-hybridized carbons (Fsp3) is 0.440. The maximum Gasteiger partial charge on any atom is 0.274 e. The maximum atomic E-state index is 15.4. The standard InChI is InChI=1S/C25H27F3N6O3/c1-24(37,13-33-18-3-2-5-25(27,28)21(18)35)19(26)8-16-9-20(31-12-17(16)22(30)36)34-6-4-15-7-14(10-29)11-32-23(15)34/h4,6-7,9,11-12,18-19,21,33,35,37H,2-3,5,8,13H2,1H3,(H2,30,36). The topological polar surface area (TPSA) is 150 Å². The number of alkyl halides is 3. The second-order valence-corrected chi connectivity index (χ2v) is 9.61. The van der Waals surface area contributed by atoms with Crippen molar-refractivity contribution in [1.82, 2.24) is 19.9 Å². The Bertz CT molecular complexity index is 1350. The zero-order chi connectivity index (χ0) is 27.0. The van der Waals surface area contributed by atoms with Gasteiger partial charge in [0.1, 0.15) is 35.4 Å². The van der Waals surface area contributed by atoms with Crippen LogP contribution < -0.4 is 11.1 Å². The first kappa shape index (κ1) is 26.5. The molecule has 4 unspecified atom stereocenters. The molecule has 0 aliphatic heterocycles. The van der Waals surface area contributed by atoms with Crippen molar-refractivity contribution in [2.75, 3.05) is 6.54 Å².